The molecular formula is C27H23FN4O3. The Kier molecular flexibility index (Phi) is 6.01. The normalized spacial score (nSPS) is 12.7. The number of hydrogen-bond acceptors (Lipinski definition) is 5. The Labute approximate surface area is 201 Å². The van der Waals surface area contributed by atoms with Gasteiger partial charge in [0, 0.05) is 17.3 Å². The summed E-state index contributed by atoms with van der Waals surface area (Å²) in [6.45, 7) is 1.95. The zero-order valence-corrected chi connectivity index (χ0v) is 19.0. The largest absolute Gasteiger partial charge is 0.450 e. The molecule has 1 saturated carbocycles. The maximum atomic E-state index is 14.3. The van der Waals surface area contributed by atoms with E-state index in [1.807, 2.05) is 19.1 Å². The average molecular weight is 471 g/mol. The van der Waals surface area contributed by atoms with Gasteiger partial charge < -0.3 is 15.4 Å². The van der Waals surface area contributed by atoms with Gasteiger partial charge in [-0.2, -0.15) is 9.78 Å². The third-order valence-electron chi connectivity index (χ3n) is 5.58. The summed E-state index contributed by atoms with van der Waals surface area (Å²) in [6, 6.07) is 20.3. The average Bonchev–Trinajstić information content (AvgIpc) is 3.68. The summed E-state index contributed by atoms with van der Waals surface area (Å²) in [4.78, 5) is 26.0. The van der Waals surface area contributed by atoms with Crippen LogP contribution in [0.3, 0.4) is 0 Å². The van der Waals surface area contributed by atoms with Crippen molar-refractivity contribution in [2.24, 2.45) is 0 Å². The minimum absolute atomic E-state index is 0.0394. The minimum Gasteiger partial charge on any atom is -0.450 e. The van der Waals surface area contributed by atoms with Crippen LogP contribution in [-0.2, 0) is 0 Å². The Bertz CT molecular complexity index is 1450. The third-order valence-corrected chi connectivity index (χ3v) is 5.58. The fourth-order valence-corrected chi connectivity index (χ4v) is 3.53. The first kappa shape index (κ1) is 22.3. The summed E-state index contributed by atoms with van der Waals surface area (Å²) in [5.74, 6) is -0.732. The smallest absolute Gasteiger partial charge is 0.299 e. The van der Waals surface area contributed by atoms with E-state index in [4.69, 9.17) is 4.74 Å². The van der Waals surface area contributed by atoms with Crippen LogP contribution in [0.15, 0.2) is 83.8 Å². The lowest BCUT2D eigenvalue weighted by molar-refractivity contribution is 0.0951. The summed E-state index contributed by atoms with van der Waals surface area (Å²) in [7, 11) is 0. The number of carbonyl (C=O) groups is 1. The fourth-order valence-electron chi connectivity index (χ4n) is 3.53. The van der Waals surface area contributed by atoms with Crippen LogP contribution in [0.1, 0.15) is 28.8 Å². The molecule has 3 aromatic carbocycles. The Balaban J connectivity index is 1.54. The second kappa shape index (κ2) is 9.42. The number of anilines is 2. The first-order valence-corrected chi connectivity index (χ1v) is 11.3. The lowest BCUT2D eigenvalue weighted by Crippen LogP contribution is -2.25. The Morgan fingerprint density at radius 1 is 1.03 bits per heavy atom. The molecule has 1 amide bonds. The molecule has 0 spiro atoms. The predicted molar refractivity (Wildman–Crippen MR) is 131 cm³/mol. The van der Waals surface area contributed by atoms with E-state index < -0.39 is 11.4 Å². The summed E-state index contributed by atoms with van der Waals surface area (Å²) >= 11 is 0. The van der Waals surface area contributed by atoms with Gasteiger partial charge in [0.15, 0.2) is 23.0 Å². The van der Waals surface area contributed by atoms with Crippen LogP contribution in [0.5, 0.6) is 11.5 Å². The van der Waals surface area contributed by atoms with Gasteiger partial charge in [-0.1, -0.05) is 35.9 Å². The number of nitrogens with one attached hydrogen (secondary N) is 2. The molecule has 1 fully saturated rings. The van der Waals surface area contributed by atoms with Gasteiger partial charge in [-0.25, -0.2) is 4.39 Å². The van der Waals surface area contributed by atoms with Crippen molar-refractivity contribution in [3.8, 4) is 17.2 Å². The van der Waals surface area contributed by atoms with E-state index in [2.05, 4.69) is 15.7 Å². The Morgan fingerprint density at radius 2 is 1.80 bits per heavy atom. The predicted octanol–water partition coefficient (Wildman–Crippen LogP) is 5.11. The highest BCUT2D eigenvalue weighted by molar-refractivity contribution is 5.95. The molecule has 35 heavy (non-hydrogen) atoms. The van der Waals surface area contributed by atoms with Crippen LogP contribution in [-0.4, -0.2) is 21.7 Å². The molecule has 1 aromatic heterocycles. The maximum absolute atomic E-state index is 14.3. The van der Waals surface area contributed by atoms with Crippen LogP contribution in [0.25, 0.3) is 5.69 Å². The second-order valence-electron chi connectivity index (χ2n) is 8.42. The van der Waals surface area contributed by atoms with Gasteiger partial charge in [-0.15, -0.1) is 0 Å². The molecule has 7 nitrogen and oxygen atoms in total. The van der Waals surface area contributed by atoms with Gasteiger partial charge in [-0.05, 0) is 62.2 Å². The van der Waals surface area contributed by atoms with E-state index in [1.54, 1.807) is 48.5 Å². The molecule has 1 aliphatic carbocycles. The monoisotopic (exact) mass is 470 g/mol. The van der Waals surface area contributed by atoms with Crippen LogP contribution < -0.4 is 20.9 Å². The fraction of sp³-hybridized carbons (Fsp3) is 0.148. The van der Waals surface area contributed by atoms with Crippen LogP contribution >= 0.6 is 0 Å². The molecule has 1 aliphatic rings. The SMILES string of the molecule is Cc1ccc(-n2ncc(Oc3ccccc3F)c(Nc3cccc(C(=O)NC4CC4)c3)c2=O)cc1. The number of nitrogens with zero attached hydrogens (tertiary/aromatic N) is 2. The minimum atomic E-state index is -0.570. The number of aromatic nitrogens is 2. The second-order valence-corrected chi connectivity index (χ2v) is 8.42. The van der Waals surface area contributed by atoms with E-state index in [0.29, 0.717) is 16.9 Å². The van der Waals surface area contributed by atoms with E-state index in [9.17, 15) is 14.0 Å². The van der Waals surface area contributed by atoms with Gasteiger partial charge in [0.25, 0.3) is 11.5 Å². The highest BCUT2D eigenvalue weighted by Gasteiger charge is 2.24. The Morgan fingerprint density at radius 3 is 2.54 bits per heavy atom. The van der Waals surface area contributed by atoms with E-state index in [-0.39, 0.29) is 29.1 Å². The van der Waals surface area contributed by atoms with Crippen LogP contribution in [0.2, 0.25) is 0 Å². The topological polar surface area (TPSA) is 85.2 Å². The molecule has 5 rings (SSSR count). The van der Waals surface area contributed by atoms with Gasteiger partial charge in [-0.3, -0.25) is 9.59 Å². The molecule has 0 bridgehead atoms. The van der Waals surface area contributed by atoms with Gasteiger partial charge in [0.1, 0.15) is 0 Å². The highest BCUT2D eigenvalue weighted by atomic mass is 19.1. The molecule has 176 valence electrons. The first-order chi connectivity index (χ1) is 17.0. The van der Waals surface area contributed by atoms with Gasteiger partial charge in [0.2, 0.25) is 0 Å². The summed E-state index contributed by atoms with van der Waals surface area (Å²) in [6.07, 6.45) is 3.33. The molecule has 0 unspecified atom stereocenters. The summed E-state index contributed by atoms with van der Waals surface area (Å²) in [5.41, 5.74) is 2.15. The third kappa shape index (κ3) is 5.06. The molecule has 4 aromatic rings. The van der Waals surface area contributed by atoms with Gasteiger partial charge in [0.05, 0.1) is 11.9 Å². The molecule has 1 heterocycles. The molecule has 2 N–H and O–H groups in total. The maximum Gasteiger partial charge on any atom is 0.299 e. The quantitative estimate of drug-likeness (QED) is 0.392. The summed E-state index contributed by atoms with van der Waals surface area (Å²) in [5, 5.41) is 10.3. The molecule has 0 saturated heterocycles. The summed E-state index contributed by atoms with van der Waals surface area (Å²) < 4.78 is 21.3. The van der Waals surface area contributed by atoms with Crippen molar-refractivity contribution in [3.63, 3.8) is 0 Å². The zero-order chi connectivity index (χ0) is 24.4. The number of halogens is 1. The van der Waals surface area contributed by atoms with E-state index in [1.165, 1.54) is 23.0 Å². The number of ether oxygens (including phenoxy) is 1. The Hall–Kier alpha value is -4.46. The lowest BCUT2D eigenvalue weighted by atomic mass is 10.2. The zero-order valence-electron chi connectivity index (χ0n) is 19.0. The van der Waals surface area contributed by atoms with Crippen molar-refractivity contribution < 1.29 is 13.9 Å². The van der Waals surface area contributed by atoms with Crippen molar-refractivity contribution >= 4 is 17.3 Å². The van der Waals surface area contributed by atoms with Crippen molar-refractivity contribution in [1.29, 1.82) is 0 Å². The molecular weight excluding hydrogens is 447 g/mol. The van der Waals surface area contributed by atoms with E-state index in [0.717, 1.165) is 18.4 Å². The van der Waals surface area contributed by atoms with Crippen molar-refractivity contribution in [2.45, 2.75) is 25.8 Å². The molecule has 8 heteroatoms. The van der Waals surface area contributed by atoms with Crippen molar-refractivity contribution in [2.75, 3.05) is 5.32 Å². The number of benzene rings is 3. The number of aryl methyl sites for hydroxylation is 1. The molecule has 0 atom stereocenters. The standard InChI is InChI=1S/C27H23FN4O3/c1-17-9-13-21(14-10-17)32-27(34)25(24(16-29-32)35-23-8-3-2-7-22(23)28)30-20-6-4-5-18(15-20)26(33)31-19-11-12-19/h2-10,13-16,19,30H,11-12H2,1H3,(H,31,33). The van der Waals surface area contributed by atoms with Crippen LogP contribution in [0, 0.1) is 12.7 Å². The van der Waals surface area contributed by atoms with Crippen molar-refractivity contribution in [3.05, 3.63) is 106 Å². The number of carbonyl (C=O) groups excluding carboxylic acids is 1. The molecule has 0 aliphatic heterocycles. The lowest BCUT2D eigenvalue weighted by Gasteiger charge is -2.15. The number of para-hydroxylation sites is 1. The number of hydrogen-bond donors (Lipinski definition) is 2. The van der Waals surface area contributed by atoms with Crippen molar-refractivity contribution in [1.82, 2.24) is 15.1 Å². The van der Waals surface area contributed by atoms with Crippen LogP contribution in [0.4, 0.5) is 15.8 Å². The number of rotatable bonds is 7. The van der Waals surface area contributed by atoms with Gasteiger partial charge >= 0.3 is 0 Å². The molecule has 0 radical (unpaired) electrons. The number of amides is 1. The van der Waals surface area contributed by atoms with E-state index >= 15 is 0 Å². The highest BCUT2D eigenvalue weighted by Crippen LogP contribution is 2.30. The first-order valence-electron chi connectivity index (χ1n) is 11.3.